The number of nitro groups is 1. The number of benzene rings is 2. The average Bonchev–Trinajstić information content (AvgIpc) is 3.42. The Hall–Kier alpha value is -4.27. The zero-order valence-corrected chi connectivity index (χ0v) is 18.5. The second-order valence-corrected chi connectivity index (χ2v) is 8.64. The Morgan fingerprint density at radius 3 is 2.42 bits per heavy atom. The second-order valence-electron chi connectivity index (χ2n) is 8.64. The lowest BCUT2D eigenvalue weighted by Gasteiger charge is -2.12. The topological polar surface area (TPSA) is 116 Å². The van der Waals surface area contributed by atoms with Crippen LogP contribution in [0.2, 0.25) is 0 Å². The van der Waals surface area contributed by atoms with Crippen LogP contribution in [-0.2, 0) is 16.6 Å². The number of hydrogen-bond donors (Lipinski definition) is 1. The summed E-state index contributed by atoms with van der Waals surface area (Å²) in [5, 5.41) is 22.4. The molecule has 2 heterocycles. The zero-order valence-electron chi connectivity index (χ0n) is 18.5. The van der Waals surface area contributed by atoms with Gasteiger partial charge in [0.05, 0.1) is 22.7 Å². The van der Waals surface area contributed by atoms with Gasteiger partial charge in [0, 0.05) is 40.9 Å². The van der Waals surface area contributed by atoms with E-state index in [-0.39, 0.29) is 23.4 Å². The first-order valence-electron chi connectivity index (χ1n) is 10.4. The predicted octanol–water partition coefficient (Wildman–Crippen LogP) is 4.91. The maximum absolute atomic E-state index is 12.8. The number of anilines is 1. The van der Waals surface area contributed by atoms with Crippen LogP contribution in [0, 0.1) is 10.1 Å². The number of nitrogens with one attached hydrogen (secondary N) is 1. The highest BCUT2D eigenvalue weighted by molar-refractivity contribution is 5.92. The molecule has 1 amide bonds. The number of hydrogen-bond acceptors (Lipinski definition) is 6. The van der Waals surface area contributed by atoms with E-state index < -0.39 is 4.92 Å². The van der Waals surface area contributed by atoms with Gasteiger partial charge in [-0.3, -0.25) is 14.9 Å². The summed E-state index contributed by atoms with van der Waals surface area (Å²) < 4.78 is 7.02. The van der Waals surface area contributed by atoms with Crippen molar-refractivity contribution in [3.05, 3.63) is 88.3 Å². The summed E-state index contributed by atoms with van der Waals surface area (Å²) in [5.74, 6) is 0.734. The molecule has 4 aromatic rings. The standard InChI is InChI=1S/C24H23N5O4/c1-24(2,3)20-14-21(27-33-20)25-22(30)13-17-15-28(18-7-5-4-6-8-18)26-23(17)16-9-11-19(12-10-16)29(31)32/h4-12,14-15H,13H2,1-3H3,(H,25,27,30). The van der Waals surface area contributed by atoms with Gasteiger partial charge in [-0.25, -0.2) is 4.68 Å². The van der Waals surface area contributed by atoms with Crippen molar-refractivity contribution < 1.29 is 14.2 Å². The third-order valence-corrected chi connectivity index (χ3v) is 5.03. The minimum Gasteiger partial charge on any atom is -0.359 e. The van der Waals surface area contributed by atoms with Gasteiger partial charge in [-0.15, -0.1) is 0 Å². The summed E-state index contributed by atoms with van der Waals surface area (Å²) >= 11 is 0. The molecule has 9 nitrogen and oxygen atoms in total. The quantitative estimate of drug-likeness (QED) is 0.333. The number of aromatic nitrogens is 3. The summed E-state index contributed by atoms with van der Waals surface area (Å²) in [5.41, 5.74) is 2.51. The van der Waals surface area contributed by atoms with Crippen molar-refractivity contribution in [3.8, 4) is 16.9 Å². The predicted molar refractivity (Wildman–Crippen MR) is 123 cm³/mol. The molecule has 1 N–H and O–H groups in total. The molecular formula is C24H23N5O4. The van der Waals surface area contributed by atoms with Crippen LogP contribution in [0.1, 0.15) is 32.1 Å². The highest BCUT2D eigenvalue weighted by Gasteiger charge is 2.21. The van der Waals surface area contributed by atoms with Crippen molar-refractivity contribution in [2.75, 3.05) is 5.32 Å². The molecule has 2 aromatic carbocycles. The first kappa shape index (κ1) is 21.9. The molecule has 0 unspecified atom stereocenters. The monoisotopic (exact) mass is 445 g/mol. The molecule has 168 valence electrons. The fourth-order valence-electron chi connectivity index (χ4n) is 3.28. The fourth-order valence-corrected chi connectivity index (χ4v) is 3.28. The molecule has 0 radical (unpaired) electrons. The van der Waals surface area contributed by atoms with Crippen LogP contribution < -0.4 is 5.32 Å². The Morgan fingerprint density at radius 1 is 1.12 bits per heavy atom. The van der Waals surface area contributed by atoms with Crippen molar-refractivity contribution in [3.63, 3.8) is 0 Å². The maximum Gasteiger partial charge on any atom is 0.269 e. The fraction of sp³-hybridized carbons (Fsp3) is 0.208. The van der Waals surface area contributed by atoms with E-state index in [2.05, 4.69) is 15.6 Å². The van der Waals surface area contributed by atoms with E-state index in [0.717, 1.165) is 5.69 Å². The van der Waals surface area contributed by atoms with Gasteiger partial charge in [0.2, 0.25) is 5.91 Å². The van der Waals surface area contributed by atoms with Crippen LogP contribution in [0.25, 0.3) is 16.9 Å². The zero-order chi connectivity index (χ0) is 23.6. The number of nitro benzene ring substituents is 1. The highest BCUT2D eigenvalue weighted by Crippen LogP contribution is 2.27. The number of nitrogens with zero attached hydrogens (tertiary/aromatic N) is 4. The third-order valence-electron chi connectivity index (χ3n) is 5.03. The van der Waals surface area contributed by atoms with Gasteiger partial charge in [0.25, 0.3) is 5.69 Å². The summed E-state index contributed by atoms with van der Waals surface area (Å²) in [6, 6.07) is 17.3. The lowest BCUT2D eigenvalue weighted by atomic mass is 9.93. The molecule has 0 saturated carbocycles. The molecule has 9 heteroatoms. The smallest absolute Gasteiger partial charge is 0.269 e. The molecule has 0 spiro atoms. The van der Waals surface area contributed by atoms with E-state index >= 15 is 0 Å². The highest BCUT2D eigenvalue weighted by atomic mass is 16.6. The van der Waals surface area contributed by atoms with Crippen molar-refractivity contribution in [1.29, 1.82) is 0 Å². The van der Waals surface area contributed by atoms with E-state index in [4.69, 9.17) is 4.52 Å². The Kier molecular flexibility index (Phi) is 5.78. The molecule has 33 heavy (non-hydrogen) atoms. The van der Waals surface area contributed by atoms with Gasteiger partial charge in [0.1, 0.15) is 5.76 Å². The summed E-state index contributed by atoms with van der Waals surface area (Å²) in [6.07, 6.45) is 1.83. The molecule has 0 aliphatic carbocycles. The third kappa shape index (κ3) is 4.98. The minimum atomic E-state index is -0.454. The first-order chi connectivity index (χ1) is 15.7. The van der Waals surface area contributed by atoms with E-state index in [9.17, 15) is 14.9 Å². The first-order valence-corrected chi connectivity index (χ1v) is 10.4. The van der Waals surface area contributed by atoms with Gasteiger partial charge in [-0.05, 0) is 24.3 Å². The van der Waals surface area contributed by atoms with Crippen molar-refractivity contribution in [2.45, 2.75) is 32.6 Å². The maximum atomic E-state index is 12.8. The lowest BCUT2D eigenvalue weighted by Crippen LogP contribution is -2.15. The van der Waals surface area contributed by atoms with Crippen molar-refractivity contribution in [1.82, 2.24) is 14.9 Å². The van der Waals surface area contributed by atoms with E-state index in [1.54, 1.807) is 29.1 Å². The van der Waals surface area contributed by atoms with Gasteiger partial charge >= 0.3 is 0 Å². The molecule has 0 atom stereocenters. The van der Waals surface area contributed by atoms with E-state index in [1.165, 1.54) is 12.1 Å². The number of amides is 1. The van der Waals surface area contributed by atoms with Crippen molar-refractivity contribution >= 4 is 17.4 Å². The van der Waals surface area contributed by atoms with Crippen LogP contribution in [0.5, 0.6) is 0 Å². The second kappa shape index (κ2) is 8.70. The normalized spacial score (nSPS) is 11.4. The Bertz CT molecular complexity index is 1280. The van der Waals surface area contributed by atoms with Crippen LogP contribution in [0.15, 0.2) is 71.4 Å². The number of carbonyl (C=O) groups is 1. The van der Waals surface area contributed by atoms with E-state index in [0.29, 0.717) is 28.4 Å². The Labute approximate surface area is 190 Å². The number of non-ortho nitro benzene ring substituents is 1. The Morgan fingerprint density at radius 2 is 1.82 bits per heavy atom. The molecule has 2 aromatic heterocycles. The van der Waals surface area contributed by atoms with Crippen LogP contribution in [-0.4, -0.2) is 25.8 Å². The number of carbonyl (C=O) groups excluding carboxylic acids is 1. The number of rotatable bonds is 6. The van der Waals surface area contributed by atoms with E-state index in [1.807, 2.05) is 51.1 Å². The van der Waals surface area contributed by atoms with Gasteiger partial charge in [-0.2, -0.15) is 5.10 Å². The SMILES string of the molecule is CC(C)(C)c1cc(NC(=O)Cc2cn(-c3ccccc3)nc2-c2ccc([N+](=O)[O-])cc2)no1. The molecule has 0 bridgehead atoms. The van der Waals surface area contributed by atoms with Gasteiger partial charge in [-0.1, -0.05) is 44.1 Å². The number of para-hydroxylation sites is 1. The average molecular weight is 445 g/mol. The summed E-state index contributed by atoms with van der Waals surface area (Å²) in [4.78, 5) is 23.3. The largest absolute Gasteiger partial charge is 0.359 e. The lowest BCUT2D eigenvalue weighted by molar-refractivity contribution is -0.384. The van der Waals surface area contributed by atoms with Gasteiger partial charge in [0.15, 0.2) is 5.82 Å². The minimum absolute atomic E-state index is 0.0128. The molecule has 0 aliphatic heterocycles. The summed E-state index contributed by atoms with van der Waals surface area (Å²) in [7, 11) is 0. The molecule has 0 fully saturated rings. The summed E-state index contributed by atoms with van der Waals surface area (Å²) in [6.45, 7) is 5.98. The molecular weight excluding hydrogens is 422 g/mol. The van der Waals surface area contributed by atoms with Crippen LogP contribution in [0.3, 0.4) is 0 Å². The molecule has 0 aliphatic rings. The molecule has 0 saturated heterocycles. The van der Waals surface area contributed by atoms with Crippen molar-refractivity contribution in [2.24, 2.45) is 0 Å². The van der Waals surface area contributed by atoms with Crippen LogP contribution in [0.4, 0.5) is 11.5 Å². The van der Waals surface area contributed by atoms with Gasteiger partial charge < -0.3 is 9.84 Å². The molecule has 4 rings (SSSR count). The Balaban J connectivity index is 1.63. The van der Waals surface area contributed by atoms with Crippen LogP contribution >= 0.6 is 0 Å².